The number of imidazole rings is 1. The van der Waals surface area contributed by atoms with Gasteiger partial charge in [0.15, 0.2) is 0 Å². The molecule has 8 nitrogen and oxygen atoms in total. The van der Waals surface area contributed by atoms with Crippen molar-refractivity contribution >= 4 is 50.2 Å². The second-order valence-corrected chi connectivity index (χ2v) is 17.1. The van der Waals surface area contributed by atoms with Crippen molar-refractivity contribution in [3.63, 3.8) is 0 Å². The zero-order chi connectivity index (χ0) is 33.9. The molecule has 11 heteroatoms. The summed E-state index contributed by atoms with van der Waals surface area (Å²) in [6.45, 7) is 4.25. The number of nitrogens with one attached hydrogen (secondary N) is 1. The fourth-order valence-electron chi connectivity index (χ4n) is 8.98. The molecule has 4 aromatic rings. The molecule has 1 aromatic heterocycles. The third kappa shape index (κ3) is 6.20. The average molecular weight is 721 g/mol. The van der Waals surface area contributed by atoms with Crippen LogP contribution in [-0.2, 0) is 15.4 Å². The topological polar surface area (TPSA) is 87.5 Å². The lowest BCUT2D eigenvalue weighted by Gasteiger charge is -2.45. The highest BCUT2D eigenvalue weighted by Crippen LogP contribution is 2.45. The van der Waals surface area contributed by atoms with E-state index in [1.54, 1.807) is 4.90 Å². The zero-order valence-corrected chi connectivity index (χ0v) is 30.2. The van der Waals surface area contributed by atoms with Gasteiger partial charge < -0.3 is 9.47 Å². The van der Waals surface area contributed by atoms with Gasteiger partial charge in [0.2, 0.25) is 10.0 Å². The van der Waals surface area contributed by atoms with Crippen LogP contribution >= 0.6 is 23.2 Å². The van der Waals surface area contributed by atoms with Crippen LogP contribution in [0, 0.1) is 6.92 Å². The number of carbonyl (C=O) groups excluding carboxylic acids is 1. The van der Waals surface area contributed by atoms with Crippen LogP contribution in [0.3, 0.4) is 0 Å². The van der Waals surface area contributed by atoms with Gasteiger partial charge in [-0.25, -0.2) is 18.1 Å². The van der Waals surface area contributed by atoms with E-state index < -0.39 is 10.0 Å². The van der Waals surface area contributed by atoms with Crippen LogP contribution in [0.2, 0.25) is 10.0 Å². The highest BCUT2D eigenvalue weighted by atomic mass is 35.5. The Bertz CT molecular complexity index is 1970. The van der Waals surface area contributed by atoms with Crippen LogP contribution in [0.25, 0.3) is 11.0 Å². The van der Waals surface area contributed by atoms with Gasteiger partial charge in [-0.15, -0.1) is 0 Å². The van der Waals surface area contributed by atoms with E-state index in [-0.39, 0.29) is 37.9 Å². The molecular formula is C38H43Cl2N5O3S. The average Bonchev–Trinajstić information content (AvgIpc) is 3.78. The van der Waals surface area contributed by atoms with Gasteiger partial charge in [-0.2, -0.15) is 0 Å². The van der Waals surface area contributed by atoms with Gasteiger partial charge in [-0.3, -0.25) is 9.69 Å². The Morgan fingerprint density at radius 1 is 0.898 bits per heavy atom. The van der Waals surface area contributed by atoms with Crippen LogP contribution in [0.4, 0.5) is 0 Å². The third-order valence-corrected chi connectivity index (χ3v) is 14.1. The quantitative estimate of drug-likeness (QED) is 0.193. The number of sulfonamides is 1. The van der Waals surface area contributed by atoms with Crippen LogP contribution < -0.4 is 4.72 Å². The van der Waals surface area contributed by atoms with Gasteiger partial charge in [0.25, 0.3) is 5.91 Å². The van der Waals surface area contributed by atoms with Crippen molar-refractivity contribution in [2.24, 2.45) is 0 Å². The number of halogens is 2. The van der Waals surface area contributed by atoms with Crippen LogP contribution in [-0.4, -0.2) is 71.4 Å². The number of para-hydroxylation sites is 2. The predicted octanol–water partition coefficient (Wildman–Crippen LogP) is 7.52. The Morgan fingerprint density at radius 2 is 1.57 bits per heavy atom. The maximum absolute atomic E-state index is 14.0. The van der Waals surface area contributed by atoms with Crippen molar-refractivity contribution in [1.82, 2.24) is 24.1 Å². The minimum Gasteiger partial charge on any atom is -0.338 e. The summed E-state index contributed by atoms with van der Waals surface area (Å²) in [5.74, 6) is 0.789. The van der Waals surface area contributed by atoms with E-state index in [2.05, 4.69) is 75.7 Å². The molecule has 4 heterocycles. The smallest absolute Gasteiger partial charge is 0.256 e. The summed E-state index contributed by atoms with van der Waals surface area (Å²) in [5, 5.41) is 0.0568. The van der Waals surface area contributed by atoms with Crippen molar-refractivity contribution in [1.29, 1.82) is 0 Å². The summed E-state index contributed by atoms with van der Waals surface area (Å²) in [4.78, 5) is 23.3. The van der Waals surface area contributed by atoms with E-state index in [9.17, 15) is 13.2 Å². The standard InChI is InChI=1S/C38H43Cl2N5O3S/c1-25-41-32-9-5-6-10-33(32)45(25)30-23-28-13-14-29(24-30)44(28)22-19-38(26-7-3-2-4-8-26)17-20-43(21-18-38)37(46)35-31(39)15-16-34(36(35)40)49(47,48)42-27-11-12-27/h2-10,15-16,27-30,42H,11-14,17-24H2,1H3/t28-,29+,30?. The van der Waals surface area contributed by atoms with Crippen molar-refractivity contribution in [3.8, 4) is 0 Å². The number of aromatic nitrogens is 2. The molecule has 3 aromatic carbocycles. The number of rotatable bonds is 9. The molecule has 4 fully saturated rings. The van der Waals surface area contributed by atoms with Crippen molar-refractivity contribution in [3.05, 3.63) is 93.7 Å². The molecule has 3 aliphatic heterocycles. The number of nitrogens with zero attached hydrogens (tertiary/aromatic N) is 4. The van der Waals surface area contributed by atoms with E-state index in [1.807, 2.05) is 0 Å². The first-order valence-corrected chi connectivity index (χ1v) is 19.9. The normalized spacial score (nSPS) is 24.1. The van der Waals surface area contributed by atoms with Crippen molar-refractivity contribution in [2.45, 2.75) is 99.2 Å². The predicted molar refractivity (Wildman–Crippen MR) is 194 cm³/mol. The van der Waals surface area contributed by atoms with Gasteiger partial charge in [0.05, 0.1) is 26.6 Å². The lowest BCUT2D eigenvalue weighted by molar-refractivity contribution is 0.0607. The maximum Gasteiger partial charge on any atom is 0.256 e. The molecule has 3 saturated heterocycles. The lowest BCUT2D eigenvalue weighted by atomic mass is 9.70. The Morgan fingerprint density at radius 3 is 2.27 bits per heavy atom. The molecule has 1 saturated carbocycles. The highest BCUT2D eigenvalue weighted by molar-refractivity contribution is 7.89. The van der Waals surface area contributed by atoms with Crippen LogP contribution in [0.1, 0.15) is 85.6 Å². The molecule has 0 radical (unpaired) electrons. The number of aryl methyl sites for hydroxylation is 1. The first-order chi connectivity index (χ1) is 23.6. The molecule has 0 spiro atoms. The number of benzene rings is 3. The second-order valence-electron chi connectivity index (χ2n) is 14.6. The maximum atomic E-state index is 14.0. The fourth-order valence-corrected chi connectivity index (χ4v) is 11.2. The SMILES string of the molecule is Cc1nc2ccccc2n1C1C[C@H]2CC[C@@H](C1)N2CCC1(c2ccccc2)CCN(C(=O)c2c(Cl)ccc(S(=O)(=O)NC3CC3)c2Cl)CC1. The van der Waals surface area contributed by atoms with E-state index in [0.29, 0.717) is 31.2 Å². The Balaban J connectivity index is 0.984. The number of hydrogen-bond acceptors (Lipinski definition) is 5. The Kier molecular flexibility index (Phi) is 8.80. The van der Waals surface area contributed by atoms with Gasteiger partial charge >= 0.3 is 0 Å². The molecule has 8 rings (SSSR count). The number of piperidine rings is 2. The van der Waals surface area contributed by atoms with Gasteiger partial charge in [0, 0.05) is 37.3 Å². The lowest BCUT2D eigenvalue weighted by Crippen LogP contribution is -2.49. The second kappa shape index (κ2) is 13.0. The van der Waals surface area contributed by atoms with Crippen molar-refractivity contribution < 1.29 is 13.2 Å². The fraction of sp³-hybridized carbons (Fsp3) is 0.474. The summed E-state index contributed by atoms with van der Waals surface area (Å²) < 4.78 is 31.2. The zero-order valence-electron chi connectivity index (χ0n) is 27.8. The first kappa shape index (κ1) is 33.2. The minimum absolute atomic E-state index is 0.0644. The molecule has 49 heavy (non-hydrogen) atoms. The van der Waals surface area contributed by atoms with Gasteiger partial charge in [-0.1, -0.05) is 65.7 Å². The molecule has 1 N–H and O–H groups in total. The molecule has 2 bridgehead atoms. The van der Waals surface area contributed by atoms with E-state index >= 15 is 0 Å². The van der Waals surface area contributed by atoms with Gasteiger partial charge in [-0.05, 0) is 106 Å². The molecule has 1 aliphatic carbocycles. The minimum atomic E-state index is -3.86. The first-order valence-electron chi connectivity index (χ1n) is 17.7. The Labute approximate surface area is 298 Å². The number of likely N-dealkylation sites (tertiary alicyclic amines) is 1. The monoisotopic (exact) mass is 719 g/mol. The molecule has 3 atom stereocenters. The van der Waals surface area contributed by atoms with Gasteiger partial charge in [0.1, 0.15) is 10.7 Å². The van der Waals surface area contributed by atoms with Crippen LogP contribution in [0.15, 0.2) is 71.6 Å². The molecule has 4 aliphatic rings. The number of hydrogen-bond donors (Lipinski definition) is 1. The van der Waals surface area contributed by atoms with Crippen LogP contribution in [0.5, 0.6) is 0 Å². The summed E-state index contributed by atoms with van der Waals surface area (Å²) in [5.41, 5.74) is 3.64. The summed E-state index contributed by atoms with van der Waals surface area (Å²) in [7, 11) is -3.86. The van der Waals surface area contributed by atoms with Crippen molar-refractivity contribution in [2.75, 3.05) is 19.6 Å². The summed E-state index contributed by atoms with van der Waals surface area (Å²) in [6.07, 6.45) is 9.00. The summed E-state index contributed by atoms with van der Waals surface area (Å²) in [6, 6.07) is 23.6. The Hall–Kier alpha value is -2.95. The molecule has 1 amide bonds. The number of amides is 1. The largest absolute Gasteiger partial charge is 0.338 e. The molecule has 258 valence electrons. The number of fused-ring (bicyclic) bond motifs is 3. The third-order valence-electron chi connectivity index (χ3n) is 11.7. The molecule has 1 unspecified atom stereocenters. The number of carbonyl (C=O) groups is 1. The van der Waals surface area contributed by atoms with E-state index in [1.165, 1.54) is 36.1 Å². The van der Waals surface area contributed by atoms with E-state index in [4.69, 9.17) is 28.2 Å². The molecular weight excluding hydrogens is 677 g/mol. The van der Waals surface area contributed by atoms with E-state index in [0.717, 1.165) is 62.8 Å². The highest BCUT2D eigenvalue weighted by Gasteiger charge is 2.44. The summed E-state index contributed by atoms with van der Waals surface area (Å²) >= 11 is 13.2.